The Hall–Kier alpha value is -3.22. The summed E-state index contributed by atoms with van der Waals surface area (Å²) >= 11 is 0. The highest BCUT2D eigenvalue weighted by molar-refractivity contribution is 5.91. The highest BCUT2D eigenvalue weighted by atomic mass is 16.2. The van der Waals surface area contributed by atoms with Crippen molar-refractivity contribution in [1.82, 2.24) is 25.1 Å². The fourth-order valence-electron chi connectivity index (χ4n) is 3.80. The van der Waals surface area contributed by atoms with E-state index in [2.05, 4.69) is 37.6 Å². The van der Waals surface area contributed by atoms with Crippen LogP contribution in [0.2, 0.25) is 0 Å². The van der Waals surface area contributed by atoms with Crippen molar-refractivity contribution >= 4 is 11.7 Å². The smallest absolute Gasteiger partial charge is 0.292 e. The number of anilines is 1. The Labute approximate surface area is 170 Å². The van der Waals surface area contributed by atoms with Crippen molar-refractivity contribution in [3.8, 4) is 0 Å². The zero-order valence-corrected chi connectivity index (χ0v) is 16.9. The number of H-pyrrole nitrogens is 1. The molecule has 1 aliphatic rings. The molecule has 0 aliphatic carbocycles. The molecule has 1 fully saturated rings. The van der Waals surface area contributed by atoms with Crippen LogP contribution in [0.1, 0.15) is 51.9 Å². The van der Waals surface area contributed by atoms with Crippen LogP contribution in [0, 0.1) is 13.8 Å². The standard InChI is InChI=1S/C22H26N6O/c1-15-16(2)26-21(27-20(15)23-11-10-17-13-24-25-14-17)22(29)28-12-6-9-19(28)18-7-4-3-5-8-18/h3-5,7-8,13-14,19H,6,9-12H2,1-2H3,(H,24,25)(H,23,26,27)/t19-/m1/s1. The zero-order valence-electron chi connectivity index (χ0n) is 16.9. The molecule has 1 aliphatic heterocycles. The van der Waals surface area contributed by atoms with Gasteiger partial charge in [0.25, 0.3) is 5.91 Å². The number of hydrogen-bond donors (Lipinski definition) is 2. The number of amides is 1. The third-order valence-electron chi connectivity index (χ3n) is 5.54. The van der Waals surface area contributed by atoms with Gasteiger partial charge in [-0.2, -0.15) is 5.10 Å². The van der Waals surface area contributed by atoms with E-state index in [0.29, 0.717) is 6.54 Å². The first-order chi connectivity index (χ1) is 14.1. The number of carbonyl (C=O) groups excluding carboxylic acids is 1. The average Bonchev–Trinajstić information content (AvgIpc) is 3.43. The Bertz CT molecular complexity index is 970. The lowest BCUT2D eigenvalue weighted by Crippen LogP contribution is -2.32. The van der Waals surface area contributed by atoms with Crippen LogP contribution in [0.5, 0.6) is 0 Å². The highest BCUT2D eigenvalue weighted by Crippen LogP contribution is 2.32. The van der Waals surface area contributed by atoms with Crippen molar-refractivity contribution in [3.05, 3.63) is 70.9 Å². The van der Waals surface area contributed by atoms with Gasteiger partial charge >= 0.3 is 0 Å². The Morgan fingerprint density at radius 3 is 2.83 bits per heavy atom. The molecule has 0 unspecified atom stereocenters. The van der Waals surface area contributed by atoms with Gasteiger partial charge in [-0.25, -0.2) is 9.97 Å². The van der Waals surface area contributed by atoms with Crippen molar-refractivity contribution in [2.24, 2.45) is 0 Å². The molecule has 3 heterocycles. The topological polar surface area (TPSA) is 86.8 Å². The maximum Gasteiger partial charge on any atom is 0.292 e. The van der Waals surface area contributed by atoms with Crippen LogP contribution >= 0.6 is 0 Å². The molecule has 7 heteroatoms. The van der Waals surface area contributed by atoms with Crippen LogP contribution < -0.4 is 5.32 Å². The van der Waals surface area contributed by atoms with E-state index in [1.54, 1.807) is 0 Å². The van der Waals surface area contributed by atoms with E-state index in [-0.39, 0.29) is 17.8 Å². The van der Waals surface area contributed by atoms with Gasteiger partial charge in [0.2, 0.25) is 5.82 Å². The molecule has 1 saturated heterocycles. The molecule has 0 bridgehead atoms. The summed E-state index contributed by atoms with van der Waals surface area (Å²) in [7, 11) is 0. The molecule has 1 aromatic carbocycles. The molecule has 2 aromatic heterocycles. The first kappa shape index (κ1) is 19.1. The van der Waals surface area contributed by atoms with Crippen LogP contribution in [0.25, 0.3) is 0 Å². The number of likely N-dealkylation sites (tertiary alicyclic amines) is 1. The van der Waals surface area contributed by atoms with Gasteiger partial charge in [-0.15, -0.1) is 0 Å². The normalized spacial score (nSPS) is 16.2. The number of aromatic amines is 1. The second-order valence-electron chi connectivity index (χ2n) is 7.46. The summed E-state index contributed by atoms with van der Waals surface area (Å²) in [5, 5.41) is 10.1. The predicted molar refractivity (Wildman–Crippen MR) is 112 cm³/mol. The molecule has 150 valence electrons. The Morgan fingerprint density at radius 1 is 1.24 bits per heavy atom. The van der Waals surface area contributed by atoms with Crippen molar-refractivity contribution in [3.63, 3.8) is 0 Å². The van der Waals surface area contributed by atoms with E-state index in [1.165, 1.54) is 5.56 Å². The van der Waals surface area contributed by atoms with Gasteiger partial charge in [0.1, 0.15) is 5.82 Å². The summed E-state index contributed by atoms with van der Waals surface area (Å²) in [4.78, 5) is 24.3. The van der Waals surface area contributed by atoms with Gasteiger partial charge < -0.3 is 10.2 Å². The lowest BCUT2D eigenvalue weighted by molar-refractivity contribution is 0.0723. The summed E-state index contributed by atoms with van der Waals surface area (Å²) in [5.74, 6) is 0.888. The van der Waals surface area contributed by atoms with Crippen LogP contribution in [0.15, 0.2) is 42.7 Å². The van der Waals surface area contributed by atoms with Crippen molar-refractivity contribution in [1.29, 1.82) is 0 Å². The van der Waals surface area contributed by atoms with Gasteiger partial charge in [0.05, 0.1) is 12.2 Å². The van der Waals surface area contributed by atoms with Crippen LogP contribution in [-0.2, 0) is 6.42 Å². The second-order valence-corrected chi connectivity index (χ2v) is 7.46. The predicted octanol–water partition coefficient (Wildman–Crippen LogP) is 3.45. The number of nitrogens with zero attached hydrogens (tertiary/aromatic N) is 4. The van der Waals surface area contributed by atoms with Crippen molar-refractivity contribution < 1.29 is 4.79 Å². The summed E-state index contributed by atoms with van der Waals surface area (Å²) in [6.07, 6.45) is 6.48. The fourth-order valence-corrected chi connectivity index (χ4v) is 3.80. The summed E-state index contributed by atoms with van der Waals surface area (Å²) in [5.41, 5.74) is 4.08. The fraction of sp³-hybridized carbons (Fsp3) is 0.364. The lowest BCUT2D eigenvalue weighted by Gasteiger charge is -2.25. The first-order valence-corrected chi connectivity index (χ1v) is 10.1. The van der Waals surface area contributed by atoms with Crippen LogP contribution in [-0.4, -0.2) is 44.1 Å². The average molecular weight is 390 g/mol. The quantitative estimate of drug-likeness (QED) is 0.673. The largest absolute Gasteiger partial charge is 0.369 e. The van der Waals surface area contributed by atoms with E-state index in [4.69, 9.17) is 0 Å². The number of aryl methyl sites for hydroxylation is 1. The SMILES string of the molecule is Cc1nc(C(=O)N2CCC[C@@H]2c2ccccc2)nc(NCCc2cn[nH]c2)c1C. The zero-order chi connectivity index (χ0) is 20.2. The molecule has 3 aromatic rings. The lowest BCUT2D eigenvalue weighted by atomic mass is 10.0. The molecular weight excluding hydrogens is 364 g/mol. The molecule has 1 atom stereocenters. The van der Waals surface area contributed by atoms with E-state index >= 15 is 0 Å². The minimum atomic E-state index is -0.0997. The summed E-state index contributed by atoms with van der Waals surface area (Å²) in [6, 6.07) is 10.3. The number of rotatable bonds is 6. The number of nitrogens with one attached hydrogen (secondary N) is 2. The number of carbonyl (C=O) groups is 1. The van der Waals surface area contributed by atoms with Crippen LogP contribution in [0.4, 0.5) is 5.82 Å². The highest BCUT2D eigenvalue weighted by Gasteiger charge is 2.32. The Balaban J connectivity index is 1.52. The minimum absolute atomic E-state index is 0.0893. The molecule has 0 saturated carbocycles. The molecule has 0 radical (unpaired) electrons. The number of aromatic nitrogens is 4. The van der Waals surface area contributed by atoms with E-state index < -0.39 is 0 Å². The molecule has 7 nitrogen and oxygen atoms in total. The third kappa shape index (κ3) is 4.13. The van der Waals surface area contributed by atoms with Crippen molar-refractivity contribution in [2.75, 3.05) is 18.4 Å². The molecule has 29 heavy (non-hydrogen) atoms. The van der Waals surface area contributed by atoms with Gasteiger partial charge in [0.15, 0.2) is 0 Å². The monoisotopic (exact) mass is 390 g/mol. The Kier molecular flexibility index (Phi) is 5.55. The van der Waals surface area contributed by atoms with Crippen LogP contribution in [0.3, 0.4) is 0 Å². The number of benzene rings is 1. The summed E-state index contributed by atoms with van der Waals surface area (Å²) in [6.45, 7) is 5.35. The molecule has 0 spiro atoms. The van der Waals surface area contributed by atoms with E-state index in [9.17, 15) is 4.79 Å². The Morgan fingerprint density at radius 2 is 2.07 bits per heavy atom. The van der Waals surface area contributed by atoms with Gasteiger partial charge in [-0.3, -0.25) is 9.89 Å². The van der Waals surface area contributed by atoms with E-state index in [1.807, 2.05) is 49.3 Å². The first-order valence-electron chi connectivity index (χ1n) is 10.1. The second kappa shape index (κ2) is 8.43. The third-order valence-corrected chi connectivity index (χ3v) is 5.54. The molecule has 2 N–H and O–H groups in total. The van der Waals surface area contributed by atoms with E-state index in [0.717, 1.165) is 48.4 Å². The maximum absolute atomic E-state index is 13.3. The van der Waals surface area contributed by atoms with Gasteiger partial charge in [-0.1, -0.05) is 30.3 Å². The van der Waals surface area contributed by atoms with Crippen molar-refractivity contribution in [2.45, 2.75) is 39.2 Å². The van der Waals surface area contributed by atoms with Gasteiger partial charge in [-0.05, 0) is 44.2 Å². The van der Waals surface area contributed by atoms with Gasteiger partial charge in [0, 0.05) is 30.5 Å². The molecular formula is C22H26N6O. The minimum Gasteiger partial charge on any atom is -0.369 e. The summed E-state index contributed by atoms with van der Waals surface area (Å²) < 4.78 is 0. The molecule has 4 rings (SSSR count). The maximum atomic E-state index is 13.3. The molecule has 1 amide bonds. The number of hydrogen-bond acceptors (Lipinski definition) is 5.